The molecule has 0 aliphatic carbocycles. The molecule has 1 heterocycles. The number of hydrogen-bond donors (Lipinski definition) is 1. The number of hydrogen-bond acceptors (Lipinski definition) is 3. The molecule has 5 heteroatoms. The second kappa shape index (κ2) is 4.55. The van der Waals surface area contributed by atoms with Crippen LogP contribution in [0.2, 0.25) is 0 Å². The van der Waals surface area contributed by atoms with Gasteiger partial charge < -0.3 is 5.11 Å². The number of rotatable bonds is 2. The van der Waals surface area contributed by atoms with Crippen LogP contribution in [0, 0.1) is 18.6 Å². The van der Waals surface area contributed by atoms with E-state index in [1.165, 1.54) is 12.4 Å². The Morgan fingerprint density at radius 3 is 2.12 bits per heavy atom. The molecule has 88 valence electrons. The molecule has 0 fully saturated rings. The molecule has 0 radical (unpaired) electrons. The van der Waals surface area contributed by atoms with Crippen molar-refractivity contribution in [3.63, 3.8) is 0 Å². The van der Waals surface area contributed by atoms with Crippen LogP contribution in [0.1, 0.15) is 23.1 Å². The van der Waals surface area contributed by atoms with Gasteiger partial charge in [-0.2, -0.15) is 0 Å². The van der Waals surface area contributed by atoms with E-state index in [2.05, 4.69) is 9.97 Å². The molecule has 0 amide bonds. The molecule has 1 unspecified atom stereocenters. The van der Waals surface area contributed by atoms with Crippen LogP contribution in [0.15, 0.2) is 30.6 Å². The lowest BCUT2D eigenvalue weighted by atomic mass is 10.1. The van der Waals surface area contributed by atoms with Crippen LogP contribution in [-0.2, 0) is 0 Å². The Morgan fingerprint density at radius 2 is 1.59 bits per heavy atom. The van der Waals surface area contributed by atoms with E-state index >= 15 is 0 Å². The summed E-state index contributed by atoms with van der Waals surface area (Å²) in [6, 6.07) is 2.85. The molecule has 0 bridgehead atoms. The second-order valence-corrected chi connectivity index (χ2v) is 3.72. The molecule has 0 aliphatic heterocycles. The lowest BCUT2D eigenvalue weighted by Gasteiger charge is -2.09. The quantitative estimate of drug-likeness (QED) is 0.868. The standard InChI is InChI=1S/C12H10F2N2O/c1-7-5-15-12(16-6-7)11(17)8-2-9(13)4-10(14)3-8/h2-6,11,17H,1H3. The summed E-state index contributed by atoms with van der Waals surface area (Å²) in [7, 11) is 0. The first kappa shape index (κ1) is 11.6. The first-order valence-corrected chi connectivity index (χ1v) is 4.99. The summed E-state index contributed by atoms with van der Waals surface area (Å²) in [5.74, 6) is -1.38. The van der Waals surface area contributed by atoms with Gasteiger partial charge in [-0.1, -0.05) is 0 Å². The van der Waals surface area contributed by atoms with Crippen molar-refractivity contribution >= 4 is 0 Å². The van der Waals surface area contributed by atoms with Crippen LogP contribution >= 0.6 is 0 Å². The molecule has 0 saturated carbocycles. The Balaban J connectivity index is 2.36. The van der Waals surface area contributed by atoms with Crippen molar-refractivity contribution in [3.05, 3.63) is 59.2 Å². The van der Waals surface area contributed by atoms with Crippen molar-refractivity contribution in [3.8, 4) is 0 Å². The van der Waals surface area contributed by atoms with E-state index in [0.29, 0.717) is 0 Å². The number of aromatic nitrogens is 2. The van der Waals surface area contributed by atoms with Gasteiger partial charge in [-0.05, 0) is 30.2 Å². The molecule has 1 aromatic carbocycles. The summed E-state index contributed by atoms with van der Waals surface area (Å²) in [5.41, 5.74) is 0.928. The van der Waals surface area contributed by atoms with Crippen LogP contribution in [0.5, 0.6) is 0 Å². The van der Waals surface area contributed by atoms with Gasteiger partial charge in [0.05, 0.1) is 0 Å². The fraction of sp³-hybridized carbons (Fsp3) is 0.167. The molecule has 0 aliphatic rings. The fourth-order valence-electron chi connectivity index (χ4n) is 1.43. The molecule has 2 rings (SSSR count). The van der Waals surface area contributed by atoms with Crippen molar-refractivity contribution in [1.29, 1.82) is 0 Å². The highest BCUT2D eigenvalue weighted by Gasteiger charge is 2.15. The summed E-state index contributed by atoms with van der Waals surface area (Å²) < 4.78 is 26.0. The first-order chi connectivity index (χ1) is 8.06. The summed E-state index contributed by atoms with van der Waals surface area (Å²) in [4.78, 5) is 7.82. The molecule has 0 saturated heterocycles. The normalized spacial score (nSPS) is 12.5. The van der Waals surface area contributed by atoms with Gasteiger partial charge in [-0.3, -0.25) is 0 Å². The molecule has 17 heavy (non-hydrogen) atoms. The van der Waals surface area contributed by atoms with Crippen LogP contribution in [0.3, 0.4) is 0 Å². The third-order valence-corrected chi connectivity index (χ3v) is 2.25. The second-order valence-electron chi connectivity index (χ2n) is 3.72. The molecule has 0 spiro atoms. The predicted octanol–water partition coefficient (Wildman–Crippen LogP) is 2.14. The van der Waals surface area contributed by atoms with Gasteiger partial charge in [0.15, 0.2) is 5.82 Å². The van der Waals surface area contributed by atoms with Gasteiger partial charge >= 0.3 is 0 Å². The van der Waals surface area contributed by atoms with Gasteiger partial charge in [0.1, 0.15) is 17.7 Å². The number of aliphatic hydroxyl groups is 1. The van der Waals surface area contributed by atoms with Crippen molar-refractivity contribution in [2.24, 2.45) is 0 Å². The van der Waals surface area contributed by atoms with Gasteiger partial charge in [0, 0.05) is 18.5 Å². The maximum atomic E-state index is 13.0. The molecular weight excluding hydrogens is 226 g/mol. The van der Waals surface area contributed by atoms with Gasteiger partial charge in [-0.25, -0.2) is 18.7 Å². The molecule has 1 aromatic heterocycles. The van der Waals surface area contributed by atoms with E-state index in [4.69, 9.17) is 0 Å². The smallest absolute Gasteiger partial charge is 0.161 e. The number of nitrogens with zero attached hydrogens (tertiary/aromatic N) is 2. The van der Waals surface area contributed by atoms with Gasteiger partial charge in [-0.15, -0.1) is 0 Å². The molecule has 1 atom stereocenters. The van der Waals surface area contributed by atoms with E-state index < -0.39 is 17.7 Å². The Bertz CT molecular complexity index is 508. The average Bonchev–Trinajstić information content (AvgIpc) is 2.28. The zero-order chi connectivity index (χ0) is 12.4. The first-order valence-electron chi connectivity index (χ1n) is 4.99. The van der Waals surface area contributed by atoms with E-state index in [1.807, 2.05) is 0 Å². The van der Waals surface area contributed by atoms with Gasteiger partial charge in [0.2, 0.25) is 0 Å². The lowest BCUT2D eigenvalue weighted by Crippen LogP contribution is -2.06. The van der Waals surface area contributed by atoms with Gasteiger partial charge in [0.25, 0.3) is 0 Å². The van der Waals surface area contributed by atoms with Crippen LogP contribution in [0.25, 0.3) is 0 Å². The molecule has 1 N–H and O–H groups in total. The van der Waals surface area contributed by atoms with Crippen LogP contribution < -0.4 is 0 Å². The predicted molar refractivity (Wildman–Crippen MR) is 57.2 cm³/mol. The monoisotopic (exact) mass is 236 g/mol. The molecule has 2 aromatic rings. The summed E-state index contributed by atoms with van der Waals surface area (Å²) >= 11 is 0. The third kappa shape index (κ3) is 2.62. The minimum Gasteiger partial charge on any atom is -0.380 e. The summed E-state index contributed by atoms with van der Waals surface area (Å²) in [6.45, 7) is 1.80. The SMILES string of the molecule is Cc1cnc(C(O)c2cc(F)cc(F)c2)nc1. The Hall–Kier alpha value is -1.88. The highest BCUT2D eigenvalue weighted by Crippen LogP contribution is 2.20. The van der Waals surface area contributed by atoms with Crippen LogP contribution in [-0.4, -0.2) is 15.1 Å². The van der Waals surface area contributed by atoms with Crippen LogP contribution in [0.4, 0.5) is 8.78 Å². The highest BCUT2D eigenvalue weighted by atomic mass is 19.1. The minimum absolute atomic E-state index is 0.0892. The van der Waals surface area contributed by atoms with E-state index in [1.54, 1.807) is 6.92 Å². The van der Waals surface area contributed by atoms with E-state index in [-0.39, 0.29) is 11.4 Å². The van der Waals surface area contributed by atoms with Crippen molar-refractivity contribution < 1.29 is 13.9 Å². The number of aryl methyl sites for hydroxylation is 1. The minimum atomic E-state index is -1.24. The van der Waals surface area contributed by atoms with E-state index in [0.717, 1.165) is 23.8 Å². The maximum absolute atomic E-state index is 13.0. The number of halogens is 2. The topological polar surface area (TPSA) is 46.0 Å². The zero-order valence-corrected chi connectivity index (χ0v) is 9.06. The lowest BCUT2D eigenvalue weighted by molar-refractivity contribution is 0.208. The van der Waals surface area contributed by atoms with Crippen molar-refractivity contribution in [1.82, 2.24) is 9.97 Å². The molecule has 3 nitrogen and oxygen atoms in total. The number of benzene rings is 1. The molecular formula is C12H10F2N2O. The van der Waals surface area contributed by atoms with Crippen molar-refractivity contribution in [2.75, 3.05) is 0 Å². The third-order valence-electron chi connectivity index (χ3n) is 2.25. The largest absolute Gasteiger partial charge is 0.380 e. The Labute approximate surface area is 96.8 Å². The maximum Gasteiger partial charge on any atom is 0.161 e. The average molecular weight is 236 g/mol. The highest BCUT2D eigenvalue weighted by molar-refractivity contribution is 5.24. The van der Waals surface area contributed by atoms with Crippen molar-refractivity contribution in [2.45, 2.75) is 13.0 Å². The van der Waals surface area contributed by atoms with E-state index in [9.17, 15) is 13.9 Å². The summed E-state index contributed by atoms with van der Waals surface area (Å²) in [5, 5.41) is 9.87. The summed E-state index contributed by atoms with van der Waals surface area (Å²) in [6.07, 6.45) is 1.82. The zero-order valence-electron chi connectivity index (χ0n) is 9.06. The fourth-order valence-corrected chi connectivity index (χ4v) is 1.43. The number of aliphatic hydroxyl groups excluding tert-OH is 1. The Kier molecular flexibility index (Phi) is 3.10. The Morgan fingerprint density at radius 1 is 1.06 bits per heavy atom.